The lowest BCUT2D eigenvalue weighted by atomic mass is 9.74. The van der Waals surface area contributed by atoms with Crippen molar-refractivity contribution in [1.29, 1.82) is 0 Å². The van der Waals surface area contributed by atoms with Crippen LogP contribution in [0.2, 0.25) is 0 Å². The molecule has 1 saturated carbocycles. The molecule has 4 rings (SSSR count). The molecular formula is C33H45N3O6S. The molecular weight excluding hydrogens is 566 g/mol. The van der Waals surface area contributed by atoms with Crippen LogP contribution in [0.15, 0.2) is 29.1 Å². The summed E-state index contributed by atoms with van der Waals surface area (Å²) in [5.74, 6) is 0.493. The molecule has 1 aliphatic rings. The topological polar surface area (TPSA) is 135 Å². The van der Waals surface area contributed by atoms with Crippen LogP contribution in [-0.4, -0.2) is 44.0 Å². The minimum atomic E-state index is -4.08. The summed E-state index contributed by atoms with van der Waals surface area (Å²) in [6.07, 6.45) is 3.81. The van der Waals surface area contributed by atoms with Crippen LogP contribution < -0.4 is 5.14 Å². The number of benzene rings is 1. The van der Waals surface area contributed by atoms with Crippen molar-refractivity contribution in [1.82, 2.24) is 9.97 Å². The summed E-state index contributed by atoms with van der Waals surface area (Å²) in [5.41, 5.74) is 7.44. The second-order valence-electron chi connectivity index (χ2n) is 13.2. The molecule has 0 saturated heterocycles. The first kappa shape index (κ1) is 33.0. The summed E-state index contributed by atoms with van der Waals surface area (Å²) < 4.78 is 39.8. The number of aromatic nitrogens is 2. The highest BCUT2D eigenvalue weighted by molar-refractivity contribution is 7.84. The van der Waals surface area contributed by atoms with Crippen molar-refractivity contribution in [2.75, 3.05) is 13.7 Å². The first-order chi connectivity index (χ1) is 19.9. The lowest BCUT2D eigenvalue weighted by Gasteiger charge is -2.33. The molecule has 1 fully saturated rings. The predicted octanol–water partition coefficient (Wildman–Crippen LogP) is 5.61. The number of hydrogen-bond donors (Lipinski definition) is 1. The van der Waals surface area contributed by atoms with Crippen molar-refractivity contribution in [3.05, 3.63) is 80.8 Å². The van der Waals surface area contributed by atoms with E-state index in [-0.39, 0.29) is 41.5 Å². The number of methoxy groups -OCH3 is 1. The van der Waals surface area contributed by atoms with Crippen molar-refractivity contribution in [3.63, 3.8) is 0 Å². The van der Waals surface area contributed by atoms with Gasteiger partial charge in [-0.15, -0.1) is 0 Å². The summed E-state index contributed by atoms with van der Waals surface area (Å²) in [4.78, 5) is 22.6. The number of carbonyl (C=O) groups is 1. The van der Waals surface area contributed by atoms with E-state index in [9.17, 15) is 13.2 Å². The summed E-state index contributed by atoms with van der Waals surface area (Å²) >= 11 is 0. The maximum absolute atomic E-state index is 13.9. The Morgan fingerprint density at radius 1 is 1.09 bits per heavy atom. The van der Waals surface area contributed by atoms with E-state index in [2.05, 4.69) is 71.4 Å². The molecule has 10 heteroatoms. The molecule has 0 radical (unpaired) electrons. The molecule has 3 atom stereocenters. The highest BCUT2D eigenvalue weighted by Crippen LogP contribution is 2.49. The van der Waals surface area contributed by atoms with Crippen molar-refractivity contribution < 1.29 is 26.5 Å². The number of hydrogen-bond acceptors (Lipinski definition) is 8. The second-order valence-corrected chi connectivity index (χ2v) is 14.4. The molecule has 234 valence electrons. The number of ketones is 1. The maximum Gasteiger partial charge on any atom is 0.333 e. The van der Waals surface area contributed by atoms with Gasteiger partial charge in [0.2, 0.25) is 5.78 Å². The quantitative estimate of drug-likeness (QED) is 0.293. The SMILES string of the molecule is CO[C@@H]1[C@@H](COS(N)(=O)=O)C[C@@H](Cc2ncncc2C(=O)c2cc(C(C)(C)c3cc(C)c(C)c(C)c3C)c(C)o2)C1(C)C. The van der Waals surface area contributed by atoms with Crippen LogP contribution in [0.5, 0.6) is 0 Å². The highest BCUT2D eigenvalue weighted by atomic mass is 32.2. The number of ether oxygens (including phenoxy) is 1. The number of furan rings is 1. The molecule has 9 nitrogen and oxygen atoms in total. The van der Waals surface area contributed by atoms with E-state index in [4.69, 9.17) is 18.5 Å². The Balaban J connectivity index is 1.65. The monoisotopic (exact) mass is 611 g/mol. The summed E-state index contributed by atoms with van der Waals surface area (Å²) in [7, 11) is -2.47. The zero-order valence-corrected chi connectivity index (χ0v) is 27.8. The summed E-state index contributed by atoms with van der Waals surface area (Å²) in [6.45, 7) is 18.9. The molecule has 3 aromatic rings. The Bertz CT molecular complexity index is 1640. The van der Waals surface area contributed by atoms with Crippen molar-refractivity contribution in [2.45, 2.75) is 86.7 Å². The van der Waals surface area contributed by atoms with Gasteiger partial charge < -0.3 is 9.15 Å². The largest absolute Gasteiger partial charge is 0.458 e. The van der Waals surface area contributed by atoms with Gasteiger partial charge in [0.05, 0.1) is 24.0 Å². The van der Waals surface area contributed by atoms with E-state index in [0.717, 1.165) is 5.56 Å². The van der Waals surface area contributed by atoms with Gasteiger partial charge in [0.15, 0.2) is 5.76 Å². The fraction of sp³-hybridized carbons (Fsp3) is 0.545. The Labute approximate surface area is 255 Å². The van der Waals surface area contributed by atoms with E-state index < -0.39 is 15.7 Å². The Morgan fingerprint density at radius 3 is 2.40 bits per heavy atom. The van der Waals surface area contributed by atoms with Crippen LogP contribution in [0.25, 0.3) is 0 Å². The van der Waals surface area contributed by atoms with Gasteiger partial charge in [-0.2, -0.15) is 8.42 Å². The van der Waals surface area contributed by atoms with Gasteiger partial charge in [-0.05, 0) is 92.7 Å². The van der Waals surface area contributed by atoms with E-state index in [1.165, 1.54) is 34.1 Å². The van der Waals surface area contributed by atoms with Crippen LogP contribution in [0.4, 0.5) is 0 Å². The first-order valence-electron chi connectivity index (χ1n) is 14.6. The standard InChI is InChI=1S/C33H45N3O6S/c1-18-11-26(21(4)20(3)19(18)2)33(8,9)27-14-29(42-22(27)5)30(37)25-15-35-17-36-28(25)13-24-12-23(16-41-43(34,38)39)31(40-10)32(24,6)7/h11,14-15,17,23-24,31H,12-13,16H2,1-10H3,(H2,34,38,39)/t23-,24+,31-/m1/s1. The molecule has 0 spiro atoms. The van der Waals surface area contributed by atoms with Crippen LogP contribution in [0.3, 0.4) is 0 Å². The zero-order chi connectivity index (χ0) is 32.1. The first-order valence-corrected chi connectivity index (χ1v) is 16.1. The highest BCUT2D eigenvalue weighted by Gasteiger charge is 2.50. The Kier molecular flexibility index (Phi) is 9.11. The smallest absolute Gasteiger partial charge is 0.333 e. The molecule has 1 aliphatic carbocycles. The average Bonchev–Trinajstić information content (AvgIpc) is 3.44. The molecule has 43 heavy (non-hydrogen) atoms. The van der Waals surface area contributed by atoms with Gasteiger partial charge >= 0.3 is 10.3 Å². The van der Waals surface area contributed by atoms with Gasteiger partial charge in [-0.3, -0.25) is 8.98 Å². The number of nitrogens with zero attached hydrogens (tertiary/aromatic N) is 2. The third kappa shape index (κ3) is 6.34. The van der Waals surface area contributed by atoms with Crippen molar-refractivity contribution in [3.8, 4) is 0 Å². The molecule has 0 aliphatic heterocycles. The van der Waals surface area contributed by atoms with Crippen LogP contribution in [0, 0.1) is 51.9 Å². The van der Waals surface area contributed by atoms with Gasteiger partial charge in [-0.25, -0.2) is 15.1 Å². The molecule has 1 aromatic carbocycles. The third-order valence-corrected chi connectivity index (χ3v) is 10.4. The van der Waals surface area contributed by atoms with Crippen molar-refractivity contribution in [2.24, 2.45) is 22.4 Å². The van der Waals surface area contributed by atoms with Crippen LogP contribution in [-0.2, 0) is 31.1 Å². The Morgan fingerprint density at radius 2 is 1.77 bits per heavy atom. The van der Waals surface area contributed by atoms with Crippen LogP contribution in [0.1, 0.15) is 95.1 Å². The molecule has 0 amide bonds. The maximum atomic E-state index is 13.9. The minimum Gasteiger partial charge on any atom is -0.458 e. The summed E-state index contributed by atoms with van der Waals surface area (Å²) in [6, 6.07) is 4.10. The number of rotatable bonds is 10. The van der Waals surface area contributed by atoms with E-state index >= 15 is 0 Å². The molecule has 0 unspecified atom stereocenters. The van der Waals surface area contributed by atoms with Gasteiger partial charge in [0.25, 0.3) is 0 Å². The number of nitrogens with two attached hydrogens (primary N) is 1. The predicted molar refractivity (Wildman–Crippen MR) is 165 cm³/mol. The average molecular weight is 612 g/mol. The van der Waals surface area contributed by atoms with E-state index in [1.54, 1.807) is 13.3 Å². The Hall–Kier alpha value is -2.92. The molecule has 2 N–H and O–H groups in total. The van der Waals surface area contributed by atoms with E-state index in [1.807, 2.05) is 13.0 Å². The van der Waals surface area contributed by atoms with Gasteiger partial charge in [0.1, 0.15) is 12.1 Å². The van der Waals surface area contributed by atoms with Crippen molar-refractivity contribution >= 4 is 16.1 Å². The lowest BCUT2D eigenvalue weighted by Crippen LogP contribution is -2.36. The summed E-state index contributed by atoms with van der Waals surface area (Å²) in [5, 5.41) is 5.08. The second kappa shape index (κ2) is 11.9. The van der Waals surface area contributed by atoms with Crippen LogP contribution >= 0.6 is 0 Å². The fourth-order valence-corrected chi connectivity index (χ4v) is 7.47. The molecule has 2 heterocycles. The fourth-order valence-electron chi connectivity index (χ4n) is 7.11. The van der Waals surface area contributed by atoms with Gasteiger partial charge in [0, 0.05) is 30.2 Å². The number of aryl methyl sites for hydroxylation is 2. The third-order valence-electron chi connectivity index (χ3n) is 9.95. The van der Waals surface area contributed by atoms with E-state index in [0.29, 0.717) is 29.9 Å². The lowest BCUT2D eigenvalue weighted by molar-refractivity contribution is -0.0191. The zero-order valence-electron chi connectivity index (χ0n) is 27.0. The molecule has 2 aromatic heterocycles. The minimum absolute atomic E-state index is 0.0248. The normalized spacial score (nSPS) is 20.5. The molecule has 0 bridgehead atoms. The number of carbonyl (C=O) groups excluding carboxylic acids is 1. The van der Waals surface area contributed by atoms with Gasteiger partial charge in [-0.1, -0.05) is 33.8 Å².